The fraction of sp³-hybridized carbons (Fsp3) is 0.143. The molecule has 0 aromatic heterocycles. The Labute approximate surface area is 111 Å². The molecule has 1 aromatic rings. The minimum Gasteiger partial charge on any atom is -0.425 e. The summed E-state index contributed by atoms with van der Waals surface area (Å²) in [4.78, 5) is 0. The second-order valence-electron chi connectivity index (χ2n) is 3.68. The largest absolute Gasteiger partial charge is 0.425 e. The molecule has 5 nitrogen and oxygen atoms in total. The highest BCUT2D eigenvalue weighted by molar-refractivity contribution is 6.85. The number of hydrogen-bond donors (Lipinski definition) is 0. The molecule has 1 heterocycles. The summed E-state index contributed by atoms with van der Waals surface area (Å²) in [5.74, 6) is 0. The fourth-order valence-electron chi connectivity index (χ4n) is 1.48. The summed E-state index contributed by atoms with van der Waals surface area (Å²) in [7, 11) is -5.94. The van der Waals surface area contributed by atoms with Crippen molar-refractivity contribution in [1.82, 2.24) is 0 Å². The molecule has 0 N–H and O–H groups in total. The van der Waals surface area contributed by atoms with Gasteiger partial charge in [-0.25, -0.2) is 0 Å². The molecule has 1 saturated heterocycles. The minimum absolute atomic E-state index is 0.852. The van der Waals surface area contributed by atoms with Crippen LogP contribution in [0.15, 0.2) is 30.3 Å². The Hall–Kier alpha value is 0.104. The average Bonchev–Trinajstić information content (AvgIpc) is 2.38. The molecular weight excluding hydrogens is 305 g/mol. The van der Waals surface area contributed by atoms with Crippen molar-refractivity contribution in [2.75, 3.05) is 0 Å². The molecule has 0 spiro atoms. The van der Waals surface area contributed by atoms with Crippen LogP contribution in [-0.2, 0) is 20.6 Å². The van der Waals surface area contributed by atoms with Gasteiger partial charge in [-0.3, -0.25) is 0 Å². The monoisotopic (exact) mass is 320 g/mol. The van der Waals surface area contributed by atoms with E-state index in [1.807, 2.05) is 18.2 Å². The Bertz CT molecular complexity index is 329. The van der Waals surface area contributed by atoms with Crippen molar-refractivity contribution < 1.29 is 20.6 Å². The molecular formula is C7H16O5Si5. The summed E-state index contributed by atoms with van der Waals surface area (Å²) in [6.45, 7) is 2.07. The van der Waals surface area contributed by atoms with Crippen molar-refractivity contribution >= 4 is 53.8 Å². The summed E-state index contributed by atoms with van der Waals surface area (Å²) >= 11 is 0. The average molecular weight is 321 g/mol. The molecule has 0 unspecified atom stereocenters. The molecule has 1 aliphatic rings. The van der Waals surface area contributed by atoms with Crippen LogP contribution in [0.4, 0.5) is 0 Å². The Morgan fingerprint density at radius 1 is 0.824 bits per heavy atom. The third-order valence-corrected chi connectivity index (χ3v) is 13.2. The van der Waals surface area contributed by atoms with Gasteiger partial charge in [-0.15, -0.1) is 0 Å². The van der Waals surface area contributed by atoms with E-state index in [4.69, 9.17) is 20.6 Å². The first-order chi connectivity index (χ1) is 8.31. The van der Waals surface area contributed by atoms with Crippen molar-refractivity contribution in [1.29, 1.82) is 0 Å². The van der Waals surface area contributed by atoms with Crippen molar-refractivity contribution in [3.63, 3.8) is 0 Å². The molecule has 1 aromatic carbocycles. The van der Waals surface area contributed by atoms with Crippen LogP contribution in [0.1, 0.15) is 0 Å². The van der Waals surface area contributed by atoms with E-state index >= 15 is 0 Å². The molecule has 0 atom stereocenters. The standard InChI is InChI=1S/C7H16O5Si5/c1-17(7-5-3-2-4-6-7)11-15-9-13-8-14-10-16-12-17/h2-6H,13-16H2,1H3. The Morgan fingerprint density at radius 3 is 1.94 bits per heavy atom. The van der Waals surface area contributed by atoms with Gasteiger partial charge in [-0.2, -0.15) is 0 Å². The van der Waals surface area contributed by atoms with Crippen LogP contribution in [0.2, 0.25) is 6.55 Å². The third kappa shape index (κ3) is 4.06. The number of hydrogen-bond acceptors (Lipinski definition) is 5. The van der Waals surface area contributed by atoms with Crippen LogP contribution >= 0.6 is 0 Å². The smallest absolute Gasteiger partial charge is 0.351 e. The molecule has 17 heavy (non-hydrogen) atoms. The third-order valence-electron chi connectivity index (χ3n) is 2.47. The Morgan fingerprint density at radius 2 is 1.35 bits per heavy atom. The van der Waals surface area contributed by atoms with E-state index < -0.39 is 48.6 Å². The van der Waals surface area contributed by atoms with Crippen molar-refractivity contribution in [2.45, 2.75) is 6.55 Å². The fourth-order valence-corrected chi connectivity index (χ4v) is 12.5. The van der Waals surface area contributed by atoms with Gasteiger partial charge in [0.15, 0.2) is 0 Å². The van der Waals surface area contributed by atoms with Gasteiger partial charge in [-0.05, 0) is 11.7 Å². The second kappa shape index (κ2) is 6.88. The van der Waals surface area contributed by atoms with Crippen molar-refractivity contribution in [2.24, 2.45) is 0 Å². The maximum Gasteiger partial charge on any atom is 0.351 e. The van der Waals surface area contributed by atoms with Gasteiger partial charge in [-0.1, -0.05) is 30.3 Å². The van der Waals surface area contributed by atoms with Gasteiger partial charge in [0.25, 0.3) is 40.0 Å². The number of benzene rings is 1. The molecule has 0 aliphatic carbocycles. The SMILES string of the molecule is C[Si]1(c2ccccc2)O[SiH2]O[SiH2]O[SiH2]O[SiH2]O1. The molecule has 0 amide bonds. The van der Waals surface area contributed by atoms with Crippen molar-refractivity contribution in [3.8, 4) is 0 Å². The summed E-state index contributed by atoms with van der Waals surface area (Å²) in [5.41, 5.74) is 0. The summed E-state index contributed by atoms with van der Waals surface area (Å²) in [5, 5.41) is 1.15. The van der Waals surface area contributed by atoms with E-state index in [1.54, 1.807) is 0 Å². The van der Waals surface area contributed by atoms with Gasteiger partial charge in [0, 0.05) is 0 Å². The van der Waals surface area contributed by atoms with Gasteiger partial charge >= 0.3 is 8.56 Å². The lowest BCUT2D eigenvalue weighted by Crippen LogP contribution is -2.53. The van der Waals surface area contributed by atoms with Gasteiger partial charge in [0.2, 0.25) is 0 Å². The van der Waals surface area contributed by atoms with E-state index in [-0.39, 0.29) is 0 Å². The zero-order valence-electron chi connectivity index (χ0n) is 9.76. The molecule has 0 saturated carbocycles. The van der Waals surface area contributed by atoms with Crippen LogP contribution < -0.4 is 5.19 Å². The first kappa shape index (κ1) is 13.5. The minimum atomic E-state index is -2.29. The molecule has 0 bridgehead atoms. The van der Waals surface area contributed by atoms with E-state index in [2.05, 4.69) is 18.7 Å². The highest BCUT2D eigenvalue weighted by Gasteiger charge is 2.34. The number of rotatable bonds is 1. The van der Waals surface area contributed by atoms with Crippen LogP contribution in [-0.4, -0.2) is 48.6 Å². The quantitative estimate of drug-likeness (QED) is 0.518. The molecule has 1 aliphatic heterocycles. The highest BCUT2D eigenvalue weighted by Crippen LogP contribution is 2.07. The zero-order chi connectivity index (χ0) is 12.0. The van der Waals surface area contributed by atoms with Gasteiger partial charge in [0.05, 0.1) is 0 Å². The Kier molecular flexibility index (Phi) is 5.48. The zero-order valence-corrected chi connectivity index (χ0v) is 16.4. The van der Waals surface area contributed by atoms with E-state index in [0.29, 0.717) is 0 Å². The maximum atomic E-state index is 5.95. The topological polar surface area (TPSA) is 46.2 Å². The molecule has 0 radical (unpaired) electrons. The lowest BCUT2D eigenvalue weighted by atomic mass is 10.4. The normalized spacial score (nSPS) is 33.2. The molecule has 10 heteroatoms. The van der Waals surface area contributed by atoms with Crippen LogP contribution in [0, 0.1) is 0 Å². The predicted molar refractivity (Wildman–Crippen MR) is 77.3 cm³/mol. The molecule has 2 rings (SSSR count). The van der Waals surface area contributed by atoms with Crippen LogP contribution in [0.5, 0.6) is 0 Å². The van der Waals surface area contributed by atoms with Crippen molar-refractivity contribution in [3.05, 3.63) is 30.3 Å². The van der Waals surface area contributed by atoms with Gasteiger partial charge in [0.1, 0.15) is 0 Å². The predicted octanol–water partition coefficient (Wildman–Crippen LogP) is -2.94. The highest BCUT2D eigenvalue weighted by atomic mass is 28.5. The first-order valence-electron chi connectivity index (χ1n) is 5.38. The molecule has 94 valence electrons. The van der Waals surface area contributed by atoms with E-state index in [9.17, 15) is 0 Å². The summed E-state index contributed by atoms with van der Waals surface area (Å²) in [6.07, 6.45) is 0. The lowest BCUT2D eigenvalue weighted by molar-refractivity contribution is 0.325. The maximum absolute atomic E-state index is 5.95. The second-order valence-corrected chi connectivity index (χ2v) is 14.3. The lowest BCUT2D eigenvalue weighted by Gasteiger charge is -2.28. The van der Waals surface area contributed by atoms with Gasteiger partial charge < -0.3 is 20.6 Å². The molecule has 1 fully saturated rings. The van der Waals surface area contributed by atoms with E-state index in [0.717, 1.165) is 5.19 Å². The first-order valence-corrected chi connectivity index (χ1v) is 12.3. The van der Waals surface area contributed by atoms with Crippen LogP contribution in [0.25, 0.3) is 0 Å². The summed E-state index contributed by atoms with van der Waals surface area (Å²) in [6, 6.07) is 10.1. The van der Waals surface area contributed by atoms with E-state index in [1.165, 1.54) is 0 Å². The van der Waals surface area contributed by atoms with Crippen LogP contribution in [0.3, 0.4) is 0 Å². The summed E-state index contributed by atoms with van der Waals surface area (Å²) < 4.78 is 28.2. The Balaban J connectivity index is 2.08.